The fraction of sp³-hybridized carbons (Fsp3) is 0.261. The molecular formula is C23H20ClNO3. The van der Waals surface area contributed by atoms with Gasteiger partial charge in [0.05, 0.1) is 5.92 Å². The van der Waals surface area contributed by atoms with E-state index >= 15 is 0 Å². The number of nitrogens with zero attached hydrogens (tertiary/aromatic N) is 1. The molecule has 0 radical (unpaired) electrons. The number of benzene rings is 2. The first-order chi connectivity index (χ1) is 13.5. The normalized spacial score (nSPS) is 20.1. The molecule has 4 nitrogen and oxygen atoms in total. The van der Waals surface area contributed by atoms with E-state index in [1.165, 1.54) is 5.54 Å². The molecule has 28 heavy (non-hydrogen) atoms. The number of halogens is 1. The van der Waals surface area contributed by atoms with Crippen LogP contribution in [-0.2, 0) is 9.53 Å². The van der Waals surface area contributed by atoms with E-state index in [0.717, 1.165) is 0 Å². The number of hydrogen-bond acceptors (Lipinski definition) is 4. The van der Waals surface area contributed by atoms with Gasteiger partial charge < -0.3 is 9.47 Å². The molecule has 0 spiro atoms. The zero-order valence-corrected chi connectivity index (χ0v) is 16.4. The Morgan fingerprint density at radius 1 is 1.18 bits per heavy atom. The minimum absolute atomic E-state index is 0.0120. The van der Waals surface area contributed by atoms with Crippen LogP contribution in [0, 0.1) is 28.6 Å². The highest BCUT2D eigenvalue weighted by molar-refractivity contribution is 6.25. The molecule has 1 aliphatic rings. The molecule has 142 valence electrons. The predicted molar refractivity (Wildman–Crippen MR) is 107 cm³/mol. The number of para-hydroxylation sites is 1. The first kappa shape index (κ1) is 19.8. The first-order valence-electron chi connectivity index (χ1n) is 8.91. The highest BCUT2D eigenvalue weighted by Crippen LogP contribution is 2.59. The third-order valence-corrected chi connectivity index (χ3v) is 5.12. The molecule has 0 aliphatic heterocycles. The van der Waals surface area contributed by atoms with E-state index in [0.29, 0.717) is 17.1 Å². The fourth-order valence-corrected chi connectivity index (χ4v) is 3.38. The van der Waals surface area contributed by atoms with Crippen molar-refractivity contribution in [2.45, 2.75) is 20.0 Å². The molecule has 0 saturated heterocycles. The summed E-state index contributed by atoms with van der Waals surface area (Å²) >= 11 is 5.51. The van der Waals surface area contributed by atoms with Gasteiger partial charge in [-0.05, 0) is 35.8 Å². The summed E-state index contributed by atoms with van der Waals surface area (Å²) in [7, 11) is 0. The second-order valence-corrected chi connectivity index (χ2v) is 7.42. The zero-order valence-electron chi connectivity index (χ0n) is 15.6. The first-order valence-corrected chi connectivity index (χ1v) is 9.35. The molecule has 3 rings (SSSR count). The van der Waals surface area contributed by atoms with E-state index in [4.69, 9.17) is 21.1 Å². The lowest BCUT2D eigenvalue weighted by Gasteiger charge is -2.13. The van der Waals surface area contributed by atoms with Crippen LogP contribution in [0.2, 0.25) is 0 Å². The number of nitriles is 1. The van der Waals surface area contributed by atoms with Gasteiger partial charge in [0.15, 0.2) is 0 Å². The van der Waals surface area contributed by atoms with Gasteiger partial charge in [0, 0.05) is 17.0 Å². The topological polar surface area (TPSA) is 59.3 Å². The Balaban J connectivity index is 1.72. The predicted octanol–water partition coefficient (Wildman–Crippen LogP) is 5.77. The van der Waals surface area contributed by atoms with Crippen molar-refractivity contribution in [1.82, 2.24) is 0 Å². The number of rotatable bonds is 6. The van der Waals surface area contributed by atoms with Crippen molar-refractivity contribution < 1.29 is 14.3 Å². The van der Waals surface area contributed by atoms with Crippen molar-refractivity contribution >= 4 is 17.6 Å². The summed E-state index contributed by atoms with van der Waals surface area (Å²) in [6.45, 7) is 3.96. The standard InChI is InChI=1S/C23H20ClNO3/c1-23(2)19(12-7-13-24)21(23)22(26)28-20(15-25)16-8-6-11-18(14-16)27-17-9-4-3-5-10-17/h3-6,8-14,19-21H,1-2H3/t7?,19-,20-,21+/m1/s1. The van der Waals surface area contributed by atoms with Crippen LogP contribution in [0.5, 0.6) is 11.5 Å². The molecule has 1 fully saturated rings. The molecule has 5 heteroatoms. The SMILES string of the molecule is CC1(C)[C@H](C=C=CCl)[C@H]1C(=O)O[C@H](C#N)c1cccc(Oc2ccccc2)c1. The molecule has 0 bridgehead atoms. The summed E-state index contributed by atoms with van der Waals surface area (Å²) in [5, 5.41) is 9.54. The van der Waals surface area contributed by atoms with Gasteiger partial charge in [-0.25, -0.2) is 0 Å². The van der Waals surface area contributed by atoms with E-state index in [9.17, 15) is 10.1 Å². The van der Waals surface area contributed by atoms with Crippen LogP contribution in [0.15, 0.2) is 71.9 Å². The number of allylic oxidation sites excluding steroid dienone is 1. The van der Waals surface area contributed by atoms with Gasteiger partial charge in [0.25, 0.3) is 0 Å². The maximum atomic E-state index is 12.6. The van der Waals surface area contributed by atoms with Crippen LogP contribution in [0.25, 0.3) is 0 Å². The smallest absolute Gasteiger partial charge is 0.311 e. The van der Waals surface area contributed by atoms with Crippen LogP contribution in [0.3, 0.4) is 0 Å². The molecule has 1 saturated carbocycles. The van der Waals surface area contributed by atoms with Gasteiger partial charge in [-0.1, -0.05) is 55.8 Å². The Morgan fingerprint density at radius 3 is 2.57 bits per heavy atom. The lowest BCUT2D eigenvalue weighted by Crippen LogP contribution is -2.14. The van der Waals surface area contributed by atoms with Crippen molar-refractivity contribution in [3.05, 3.63) is 77.5 Å². The molecule has 0 heterocycles. The molecule has 2 aromatic rings. The molecule has 1 aliphatic carbocycles. The lowest BCUT2D eigenvalue weighted by molar-refractivity contribution is -0.149. The van der Waals surface area contributed by atoms with Gasteiger partial charge in [-0.2, -0.15) is 5.26 Å². The van der Waals surface area contributed by atoms with E-state index in [-0.39, 0.29) is 17.3 Å². The van der Waals surface area contributed by atoms with Crippen LogP contribution < -0.4 is 4.74 Å². The van der Waals surface area contributed by atoms with Crippen LogP contribution in [0.1, 0.15) is 25.5 Å². The van der Waals surface area contributed by atoms with Gasteiger partial charge in [-0.3, -0.25) is 4.79 Å². The van der Waals surface area contributed by atoms with Crippen LogP contribution in [-0.4, -0.2) is 5.97 Å². The minimum atomic E-state index is -1.00. The fourth-order valence-electron chi connectivity index (χ4n) is 3.30. The average molecular weight is 394 g/mol. The maximum absolute atomic E-state index is 12.6. The van der Waals surface area contributed by atoms with Crippen molar-refractivity contribution in [1.29, 1.82) is 5.26 Å². The molecule has 3 atom stereocenters. The van der Waals surface area contributed by atoms with E-state index < -0.39 is 12.1 Å². The maximum Gasteiger partial charge on any atom is 0.311 e. The molecule has 0 unspecified atom stereocenters. The van der Waals surface area contributed by atoms with Crippen molar-refractivity contribution in [2.24, 2.45) is 17.3 Å². The summed E-state index contributed by atoms with van der Waals surface area (Å²) in [4.78, 5) is 12.6. The van der Waals surface area contributed by atoms with Crippen LogP contribution in [0.4, 0.5) is 0 Å². The third-order valence-electron chi connectivity index (χ3n) is 4.99. The van der Waals surface area contributed by atoms with Gasteiger partial charge in [-0.15, -0.1) is 5.73 Å². The Morgan fingerprint density at radius 2 is 1.89 bits per heavy atom. The van der Waals surface area contributed by atoms with Crippen molar-refractivity contribution in [3.8, 4) is 17.6 Å². The van der Waals surface area contributed by atoms with Gasteiger partial charge in [0.2, 0.25) is 6.10 Å². The largest absolute Gasteiger partial charge is 0.457 e. The molecule has 0 N–H and O–H groups in total. The number of carbonyl (C=O) groups excluding carboxylic acids is 1. The number of esters is 1. The summed E-state index contributed by atoms with van der Waals surface area (Å²) in [6, 6.07) is 18.4. The summed E-state index contributed by atoms with van der Waals surface area (Å²) in [6.07, 6.45) is 0.769. The Labute approximate surface area is 169 Å². The van der Waals surface area contributed by atoms with E-state index in [1.54, 1.807) is 30.3 Å². The molecule has 0 amide bonds. The molecule has 2 aromatic carbocycles. The second-order valence-electron chi connectivity index (χ2n) is 7.20. The number of hydrogen-bond donors (Lipinski definition) is 0. The van der Waals surface area contributed by atoms with Gasteiger partial charge >= 0.3 is 5.97 Å². The highest BCUT2D eigenvalue weighted by atomic mass is 35.5. The number of carbonyl (C=O) groups is 1. The quantitative estimate of drug-likeness (QED) is 0.462. The van der Waals surface area contributed by atoms with Crippen molar-refractivity contribution in [3.63, 3.8) is 0 Å². The minimum Gasteiger partial charge on any atom is -0.457 e. The molecule has 0 aromatic heterocycles. The monoisotopic (exact) mass is 393 g/mol. The van der Waals surface area contributed by atoms with E-state index in [1.807, 2.05) is 44.2 Å². The lowest BCUT2D eigenvalue weighted by atomic mass is 10.1. The summed E-state index contributed by atoms with van der Waals surface area (Å²) in [5.41, 5.74) is 4.41. The van der Waals surface area contributed by atoms with E-state index in [2.05, 4.69) is 11.8 Å². The second kappa shape index (κ2) is 8.35. The molecular weight excluding hydrogens is 374 g/mol. The third kappa shape index (κ3) is 4.28. The van der Waals surface area contributed by atoms with Crippen LogP contribution >= 0.6 is 11.6 Å². The van der Waals surface area contributed by atoms with Gasteiger partial charge in [0.1, 0.15) is 17.6 Å². The average Bonchev–Trinajstić information content (AvgIpc) is 3.25. The summed E-state index contributed by atoms with van der Waals surface area (Å²) < 4.78 is 11.3. The Kier molecular flexibility index (Phi) is 5.90. The Hall–Kier alpha value is -2.99. The summed E-state index contributed by atoms with van der Waals surface area (Å²) in [5.74, 6) is 0.522. The van der Waals surface area contributed by atoms with Crippen molar-refractivity contribution in [2.75, 3.05) is 0 Å². The number of ether oxygens (including phenoxy) is 2. The Bertz CT molecular complexity index is 955. The highest BCUT2D eigenvalue weighted by Gasteiger charge is 2.61. The zero-order chi connectivity index (χ0) is 20.1.